The number of aromatic nitrogens is 5. The Morgan fingerprint density at radius 1 is 0.941 bits per heavy atom. The van der Waals surface area contributed by atoms with E-state index >= 15 is 0 Å². The van der Waals surface area contributed by atoms with Gasteiger partial charge in [-0.25, -0.2) is 4.68 Å². The number of anilines is 4. The van der Waals surface area contributed by atoms with Crippen LogP contribution in [0.1, 0.15) is 11.4 Å². The third-order valence-corrected chi connectivity index (χ3v) is 6.76. The average Bonchev–Trinajstić information content (AvgIpc) is 3.41. The molecule has 2 aromatic carbocycles. The van der Waals surface area contributed by atoms with Crippen LogP contribution in [0.5, 0.6) is 0 Å². The number of nitrogens with one attached hydrogen (secondary N) is 1. The van der Waals surface area contributed by atoms with Crippen LogP contribution in [0.2, 0.25) is 0 Å². The van der Waals surface area contributed by atoms with Gasteiger partial charge in [-0.2, -0.15) is 10.1 Å². The zero-order chi connectivity index (χ0) is 23.2. The molecule has 0 aliphatic carbocycles. The molecule has 2 aromatic heterocycles. The molecule has 1 fully saturated rings. The highest BCUT2D eigenvalue weighted by atomic mass is 15.4. The van der Waals surface area contributed by atoms with Crippen LogP contribution in [0.25, 0.3) is 17.1 Å². The van der Waals surface area contributed by atoms with E-state index in [0.29, 0.717) is 12.5 Å². The molecule has 1 saturated heterocycles. The Labute approximate surface area is 198 Å². The topological polar surface area (TPSA) is 70.3 Å². The molecule has 174 valence electrons. The van der Waals surface area contributed by atoms with Crippen LogP contribution in [-0.4, -0.2) is 62.7 Å². The standard InChI is InChI=1S/C25H29N9/c1-18-14-20(4-6-22(18)32-10-8-30(2)9-11-32)27-25-28-24-17-33(12-13-34(24)29-25)21-5-7-23-19(15-21)16-26-31(23)3/h4-7,12-16H,8-11,17H2,1-3H3,(H,27,29). The lowest BCUT2D eigenvalue weighted by atomic mass is 10.1. The second kappa shape index (κ2) is 8.18. The normalized spacial score (nSPS) is 16.3. The predicted molar refractivity (Wildman–Crippen MR) is 136 cm³/mol. The molecule has 0 amide bonds. The summed E-state index contributed by atoms with van der Waals surface area (Å²) in [5.74, 6) is 1.50. The summed E-state index contributed by atoms with van der Waals surface area (Å²) in [6.07, 6.45) is 5.89. The fourth-order valence-electron chi connectivity index (χ4n) is 4.76. The number of nitrogens with zero attached hydrogens (tertiary/aromatic N) is 8. The molecule has 0 atom stereocenters. The molecule has 0 radical (unpaired) electrons. The summed E-state index contributed by atoms with van der Waals surface area (Å²) in [5.41, 5.74) is 5.79. The summed E-state index contributed by atoms with van der Waals surface area (Å²) in [6.45, 7) is 7.16. The molecule has 0 saturated carbocycles. The Bertz CT molecular complexity index is 1370. The number of likely N-dealkylation sites (N-methyl/N-ethyl adjacent to an activating group) is 1. The average molecular weight is 456 g/mol. The van der Waals surface area contributed by atoms with E-state index in [1.165, 1.54) is 11.3 Å². The van der Waals surface area contributed by atoms with Gasteiger partial charge in [0, 0.05) is 68.1 Å². The molecular formula is C25H29N9. The van der Waals surface area contributed by atoms with Crippen molar-refractivity contribution in [2.75, 3.05) is 48.3 Å². The molecule has 0 bridgehead atoms. The van der Waals surface area contributed by atoms with Gasteiger partial charge in [-0.15, -0.1) is 5.10 Å². The molecule has 1 N–H and O–H groups in total. The quantitative estimate of drug-likeness (QED) is 0.506. The van der Waals surface area contributed by atoms with Gasteiger partial charge in [0.15, 0.2) is 5.82 Å². The van der Waals surface area contributed by atoms with Crippen molar-refractivity contribution in [2.45, 2.75) is 13.5 Å². The minimum atomic E-state index is 0.607. The van der Waals surface area contributed by atoms with Gasteiger partial charge in [0.1, 0.15) is 0 Å². The van der Waals surface area contributed by atoms with Crippen molar-refractivity contribution in [1.82, 2.24) is 29.4 Å². The highest BCUT2D eigenvalue weighted by Crippen LogP contribution is 2.28. The Balaban J connectivity index is 1.17. The number of piperazine rings is 1. The van der Waals surface area contributed by atoms with E-state index in [2.05, 4.69) is 80.6 Å². The molecule has 34 heavy (non-hydrogen) atoms. The van der Waals surface area contributed by atoms with Crippen LogP contribution >= 0.6 is 0 Å². The second-order valence-electron chi connectivity index (χ2n) is 9.15. The molecule has 4 heterocycles. The lowest BCUT2D eigenvalue weighted by Crippen LogP contribution is -2.44. The van der Waals surface area contributed by atoms with E-state index < -0.39 is 0 Å². The monoisotopic (exact) mass is 455 g/mol. The summed E-state index contributed by atoms with van der Waals surface area (Å²) in [7, 11) is 4.14. The van der Waals surface area contributed by atoms with Crippen LogP contribution in [0.3, 0.4) is 0 Å². The summed E-state index contributed by atoms with van der Waals surface area (Å²) >= 11 is 0. The highest BCUT2D eigenvalue weighted by molar-refractivity contribution is 5.83. The molecule has 6 rings (SSSR count). The van der Waals surface area contributed by atoms with Crippen molar-refractivity contribution in [3.63, 3.8) is 0 Å². The molecule has 9 heteroatoms. The minimum absolute atomic E-state index is 0.607. The van der Waals surface area contributed by atoms with E-state index in [9.17, 15) is 0 Å². The maximum Gasteiger partial charge on any atom is 0.247 e. The first-order chi connectivity index (χ1) is 16.5. The fourth-order valence-corrected chi connectivity index (χ4v) is 4.76. The van der Waals surface area contributed by atoms with Crippen molar-refractivity contribution >= 4 is 40.1 Å². The van der Waals surface area contributed by atoms with Gasteiger partial charge in [-0.1, -0.05) is 0 Å². The number of rotatable bonds is 4. The molecule has 0 spiro atoms. The Hall–Kier alpha value is -3.85. The lowest BCUT2D eigenvalue weighted by Gasteiger charge is -2.35. The van der Waals surface area contributed by atoms with Crippen molar-refractivity contribution in [3.8, 4) is 0 Å². The van der Waals surface area contributed by atoms with Gasteiger partial charge in [-0.05, 0) is 55.9 Å². The van der Waals surface area contributed by atoms with Crippen molar-refractivity contribution in [1.29, 1.82) is 0 Å². The van der Waals surface area contributed by atoms with E-state index in [1.807, 2.05) is 35.0 Å². The maximum atomic E-state index is 4.75. The van der Waals surface area contributed by atoms with Crippen molar-refractivity contribution in [3.05, 3.63) is 60.2 Å². The SMILES string of the molecule is Cc1cc(Nc2nc3n(n2)C=CN(c2ccc4c(cnn4C)c2)C3)ccc1N1CCN(C)CC1. The zero-order valence-corrected chi connectivity index (χ0v) is 19.8. The molecular weight excluding hydrogens is 426 g/mol. The molecule has 2 aliphatic rings. The largest absolute Gasteiger partial charge is 0.369 e. The smallest absolute Gasteiger partial charge is 0.247 e. The predicted octanol–water partition coefficient (Wildman–Crippen LogP) is 3.42. The van der Waals surface area contributed by atoms with Crippen LogP contribution in [-0.2, 0) is 13.6 Å². The maximum absolute atomic E-state index is 4.75. The number of aryl methyl sites for hydroxylation is 2. The van der Waals surface area contributed by atoms with Gasteiger partial charge in [-0.3, -0.25) is 4.68 Å². The Kier molecular flexibility index (Phi) is 4.99. The zero-order valence-electron chi connectivity index (χ0n) is 19.8. The number of hydrogen-bond donors (Lipinski definition) is 1. The first-order valence-corrected chi connectivity index (χ1v) is 11.7. The summed E-state index contributed by atoms with van der Waals surface area (Å²) < 4.78 is 3.73. The van der Waals surface area contributed by atoms with Gasteiger partial charge in [0.05, 0.1) is 18.3 Å². The van der Waals surface area contributed by atoms with E-state index in [-0.39, 0.29) is 0 Å². The highest BCUT2D eigenvalue weighted by Gasteiger charge is 2.19. The van der Waals surface area contributed by atoms with Crippen LogP contribution in [0.15, 0.2) is 48.8 Å². The second-order valence-corrected chi connectivity index (χ2v) is 9.15. The Morgan fingerprint density at radius 3 is 2.62 bits per heavy atom. The van der Waals surface area contributed by atoms with E-state index in [1.54, 1.807) is 0 Å². The summed E-state index contributed by atoms with van der Waals surface area (Å²) in [6, 6.07) is 12.9. The van der Waals surface area contributed by atoms with Crippen molar-refractivity contribution < 1.29 is 0 Å². The number of benzene rings is 2. The lowest BCUT2D eigenvalue weighted by molar-refractivity contribution is 0.312. The first kappa shape index (κ1) is 20.7. The summed E-state index contributed by atoms with van der Waals surface area (Å²) in [4.78, 5) is 11.8. The molecule has 2 aliphatic heterocycles. The van der Waals surface area contributed by atoms with Gasteiger partial charge >= 0.3 is 0 Å². The van der Waals surface area contributed by atoms with Gasteiger partial charge in [0.2, 0.25) is 5.95 Å². The number of fused-ring (bicyclic) bond motifs is 2. The molecule has 9 nitrogen and oxygen atoms in total. The minimum Gasteiger partial charge on any atom is -0.369 e. The third kappa shape index (κ3) is 3.77. The summed E-state index contributed by atoms with van der Waals surface area (Å²) in [5, 5.41) is 13.5. The van der Waals surface area contributed by atoms with Gasteiger partial charge in [0.25, 0.3) is 0 Å². The van der Waals surface area contributed by atoms with Crippen LogP contribution < -0.4 is 15.1 Å². The van der Waals surface area contributed by atoms with Gasteiger partial charge < -0.3 is 20.0 Å². The first-order valence-electron chi connectivity index (χ1n) is 11.7. The third-order valence-electron chi connectivity index (χ3n) is 6.76. The fraction of sp³-hybridized carbons (Fsp3) is 0.320. The van der Waals surface area contributed by atoms with E-state index in [4.69, 9.17) is 4.98 Å². The van der Waals surface area contributed by atoms with Crippen LogP contribution in [0, 0.1) is 6.92 Å². The number of hydrogen-bond acceptors (Lipinski definition) is 7. The molecule has 0 unspecified atom stereocenters. The Morgan fingerprint density at radius 2 is 1.79 bits per heavy atom. The van der Waals surface area contributed by atoms with Crippen molar-refractivity contribution in [2.24, 2.45) is 7.05 Å². The van der Waals surface area contributed by atoms with E-state index in [0.717, 1.165) is 54.3 Å². The van der Waals surface area contributed by atoms with Crippen LogP contribution in [0.4, 0.5) is 23.0 Å². The molecule has 4 aromatic rings.